The maximum absolute atomic E-state index is 12.3. The third-order valence-corrected chi connectivity index (χ3v) is 13.0. The number of esters is 1. The Bertz CT molecular complexity index is 1770. The van der Waals surface area contributed by atoms with Crippen LogP contribution in [-0.4, -0.2) is 92.5 Å². The van der Waals surface area contributed by atoms with E-state index >= 15 is 0 Å². The molecule has 3 aromatic rings. The average Bonchev–Trinajstić information content (AvgIpc) is 3.16. The molecule has 3 aliphatic rings. The van der Waals surface area contributed by atoms with E-state index < -0.39 is 17.7 Å². The number of phenols is 3. The SMILES string of the molecule is CC(=O)O[C@H]1C[C@@H](c2cc(O)c(O)c(OCCc3cccnc3)c2)O[C@@H]([C@H]2CSSC[C@@]3(NC(N)=NCCCO)CCC[C@@H](C3)Oc3cc(ccc3O)C2)C1. The summed E-state index contributed by atoms with van der Waals surface area (Å²) in [6.07, 6.45) is 7.75. The molecule has 1 saturated carbocycles. The molecule has 0 spiro atoms. The van der Waals surface area contributed by atoms with E-state index in [0.29, 0.717) is 68.1 Å². The number of rotatable bonds is 11. The number of hydrogen-bond donors (Lipinski definition) is 6. The molecule has 55 heavy (non-hydrogen) atoms. The van der Waals surface area contributed by atoms with E-state index in [4.69, 9.17) is 24.7 Å². The van der Waals surface area contributed by atoms with Crippen LogP contribution in [0.5, 0.6) is 28.7 Å². The van der Waals surface area contributed by atoms with E-state index in [-0.39, 0.29) is 60.3 Å². The van der Waals surface area contributed by atoms with Crippen molar-refractivity contribution in [3.63, 3.8) is 0 Å². The van der Waals surface area contributed by atoms with Crippen molar-refractivity contribution in [2.45, 2.75) is 94.7 Å². The van der Waals surface area contributed by atoms with Gasteiger partial charge in [0.05, 0.1) is 24.4 Å². The lowest BCUT2D eigenvalue weighted by Gasteiger charge is -2.41. The predicted molar refractivity (Wildman–Crippen MR) is 213 cm³/mol. The van der Waals surface area contributed by atoms with Crippen LogP contribution in [0.2, 0.25) is 0 Å². The molecule has 6 atom stereocenters. The first kappa shape index (κ1) is 40.6. The molecule has 2 aliphatic heterocycles. The molecule has 2 aromatic carbocycles. The maximum Gasteiger partial charge on any atom is 0.302 e. The summed E-state index contributed by atoms with van der Waals surface area (Å²) in [5.41, 5.74) is 8.52. The number of pyridine rings is 1. The molecule has 13 nitrogen and oxygen atoms in total. The molecule has 15 heteroatoms. The van der Waals surface area contributed by atoms with Gasteiger partial charge in [-0.3, -0.25) is 14.8 Å². The number of aromatic hydroxyl groups is 3. The second-order valence-electron chi connectivity index (χ2n) is 14.6. The summed E-state index contributed by atoms with van der Waals surface area (Å²) in [7, 11) is 3.50. The third-order valence-electron chi connectivity index (χ3n) is 10.3. The van der Waals surface area contributed by atoms with E-state index in [1.54, 1.807) is 46.1 Å². The Labute approximate surface area is 329 Å². The van der Waals surface area contributed by atoms with Crippen LogP contribution >= 0.6 is 21.6 Å². The number of nitrogens with one attached hydrogen (secondary N) is 1. The fourth-order valence-electron chi connectivity index (χ4n) is 7.62. The normalized spacial score (nSPS) is 26.0. The van der Waals surface area contributed by atoms with Crippen molar-refractivity contribution < 1.29 is 44.2 Å². The summed E-state index contributed by atoms with van der Waals surface area (Å²) in [5, 5.41) is 45.1. The first-order valence-corrected chi connectivity index (χ1v) is 21.4. The lowest BCUT2D eigenvalue weighted by atomic mass is 9.81. The number of phenolic OH excluding ortho intramolecular Hbond substituents is 3. The van der Waals surface area contributed by atoms with Crippen molar-refractivity contribution in [3.8, 4) is 28.7 Å². The fraction of sp³-hybridized carbons (Fsp3) is 0.525. The Kier molecular flexibility index (Phi) is 14.2. The van der Waals surface area contributed by atoms with E-state index in [2.05, 4.69) is 15.3 Å². The van der Waals surface area contributed by atoms with Gasteiger partial charge >= 0.3 is 5.97 Å². The summed E-state index contributed by atoms with van der Waals surface area (Å²) in [6, 6.07) is 12.4. The molecule has 0 unspecified atom stereocenters. The van der Waals surface area contributed by atoms with Crippen molar-refractivity contribution in [3.05, 3.63) is 71.5 Å². The number of nitrogens with zero attached hydrogens (tertiary/aromatic N) is 2. The molecule has 4 bridgehead atoms. The number of aliphatic imine (C=N–C) groups is 1. The lowest BCUT2D eigenvalue weighted by molar-refractivity contribution is -0.163. The molecular weight excluding hydrogens is 745 g/mol. The standard InChI is InChI=1S/C40H52N4O9S2/c1-25(46)51-31-19-34(28-17-33(48)38(49)37(18-28)50-14-9-26-5-3-11-42-22-26)53-35(20-31)29-15-27-7-8-32(47)36(16-27)52-30-6-2-10-40(21-30,24-55-54-23-29)44-39(41)43-12-4-13-45/h3,5,7-8,11,16-18,22,29-31,34-35,45,47-49H,2,4,6,9-10,12-15,19-21,23-24H2,1H3,(H3,41,43,44)/t29-,30+,31+,34+,35-,40-/m1/s1. The van der Waals surface area contributed by atoms with Gasteiger partial charge in [0.15, 0.2) is 29.0 Å². The average molecular weight is 797 g/mol. The van der Waals surface area contributed by atoms with Crippen LogP contribution < -0.4 is 20.5 Å². The van der Waals surface area contributed by atoms with Crippen molar-refractivity contribution >= 4 is 33.5 Å². The number of benzene rings is 2. The summed E-state index contributed by atoms with van der Waals surface area (Å²) < 4.78 is 25.2. The quantitative estimate of drug-likeness (QED) is 0.0352. The third kappa shape index (κ3) is 11.3. The smallest absolute Gasteiger partial charge is 0.302 e. The van der Waals surface area contributed by atoms with Gasteiger partial charge in [-0.15, -0.1) is 0 Å². The van der Waals surface area contributed by atoms with Gasteiger partial charge in [0, 0.05) is 69.7 Å². The van der Waals surface area contributed by atoms with Crippen molar-refractivity contribution in [1.82, 2.24) is 10.3 Å². The highest BCUT2D eigenvalue weighted by Crippen LogP contribution is 2.45. The number of ether oxygens (including phenoxy) is 4. The summed E-state index contributed by atoms with van der Waals surface area (Å²) in [5.74, 6) is 1.27. The van der Waals surface area contributed by atoms with E-state index in [9.17, 15) is 25.2 Å². The van der Waals surface area contributed by atoms with Gasteiger partial charge in [-0.2, -0.15) is 0 Å². The molecule has 1 aromatic heterocycles. The second-order valence-corrected chi connectivity index (χ2v) is 17.1. The molecule has 298 valence electrons. The van der Waals surface area contributed by atoms with Crippen molar-refractivity contribution in [2.75, 3.05) is 31.3 Å². The number of aliphatic hydroxyl groups excluding tert-OH is 1. The van der Waals surface area contributed by atoms with Gasteiger partial charge in [-0.25, -0.2) is 0 Å². The van der Waals surface area contributed by atoms with E-state index in [1.165, 1.54) is 13.0 Å². The lowest BCUT2D eigenvalue weighted by Crippen LogP contribution is -2.57. The van der Waals surface area contributed by atoms with Crippen LogP contribution in [0, 0.1) is 5.92 Å². The Morgan fingerprint density at radius 2 is 2.02 bits per heavy atom. The number of hydrogen-bond acceptors (Lipinski definition) is 13. The molecule has 1 saturated heterocycles. The molecule has 7 N–H and O–H groups in total. The Morgan fingerprint density at radius 1 is 1.15 bits per heavy atom. The highest BCUT2D eigenvalue weighted by molar-refractivity contribution is 8.76. The van der Waals surface area contributed by atoms with Gasteiger partial charge in [-0.05, 0) is 85.0 Å². The number of fused-ring (bicyclic) bond motifs is 4. The number of guanidine groups is 1. The first-order valence-electron chi connectivity index (χ1n) is 18.9. The first-order chi connectivity index (χ1) is 26.6. The van der Waals surface area contributed by atoms with Gasteiger partial charge < -0.3 is 50.4 Å². The summed E-state index contributed by atoms with van der Waals surface area (Å²) in [4.78, 5) is 20.9. The summed E-state index contributed by atoms with van der Waals surface area (Å²) in [6.45, 7) is 2.12. The van der Waals surface area contributed by atoms with Gasteiger partial charge in [0.2, 0.25) is 5.75 Å². The number of aliphatic hydroxyl groups is 1. The topological polar surface area (TPSA) is 198 Å². The second kappa shape index (κ2) is 19.2. The Hall–Kier alpha value is -4.05. The Balaban J connectivity index is 1.25. The van der Waals surface area contributed by atoms with Crippen LogP contribution in [0.4, 0.5) is 0 Å². The zero-order chi connectivity index (χ0) is 38.8. The fourth-order valence-corrected chi connectivity index (χ4v) is 10.6. The van der Waals surface area contributed by atoms with Crippen LogP contribution in [0.1, 0.15) is 74.7 Å². The monoisotopic (exact) mass is 796 g/mol. The molecular formula is C40H52N4O9S2. The zero-order valence-corrected chi connectivity index (χ0v) is 32.7. The highest BCUT2D eigenvalue weighted by Gasteiger charge is 2.40. The predicted octanol–water partition coefficient (Wildman–Crippen LogP) is 5.57. The number of carbonyl (C=O) groups is 1. The molecule has 0 amide bonds. The minimum absolute atomic E-state index is 0.0431. The molecule has 3 heterocycles. The van der Waals surface area contributed by atoms with Gasteiger partial charge in [0.25, 0.3) is 0 Å². The highest BCUT2D eigenvalue weighted by atomic mass is 33.1. The zero-order valence-electron chi connectivity index (χ0n) is 31.1. The van der Waals surface area contributed by atoms with Crippen molar-refractivity contribution in [1.29, 1.82) is 0 Å². The molecule has 6 rings (SSSR count). The van der Waals surface area contributed by atoms with Crippen LogP contribution in [0.15, 0.2) is 59.9 Å². The molecule has 1 aliphatic carbocycles. The summed E-state index contributed by atoms with van der Waals surface area (Å²) >= 11 is 0. The van der Waals surface area contributed by atoms with Crippen LogP contribution in [0.25, 0.3) is 0 Å². The van der Waals surface area contributed by atoms with E-state index in [1.807, 2.05) is 24.3 Å². The maximum atomic E-state index is 12.3. The minimum atomic E-state index is -0.573. The number of aromatic nitrogens is 1. The number of carbonyl (C=O) groups excluding carboxylic acids is 1. The van der Waals surface area contributed by atoms with Gasteiger partial charge in [-0.1, -0.05) is 33.7 Å². The largest absolute Gasteiger partial charge is 0.504 e. The molecule has 2 fully saturated rings. The van der Waals surface area contributed by atoms with Crippen molar-refractivity contribution in [2.24, 2.45) is 16.6 Å². The minimum Gasteiger partial charge on any atom is -0.504 e. The Morgan fingerprint density at radius 3 is 2.82 bits per heavy atom. The van der Waals surface area contributed by atoms with E-state index in [0.717, 1.165) is 36.1 Å². The van der Waals surface area contributed by atoms with Crippen LogP contribution in [-0.2, 0) is 27.1 Å². The number of nitrogens with two attached hydrogens (primary N) is 1. The van der Waals surface area contributed by atoms with Crippen LogP contribution in [0.3, 0.4) is 0 Å². The van der Waals surface area contributed by atoms with Gasteiger partial charge in [0.1, 0.15) is 12.2 Å². The molecule has 0 radical (unpaired) electrons.